The van der Waals surface area contributed by atoms with E-state index in [2.05, 4.69) is 0 Å². The van der Waals surface area contributed by atoms with E-state index in [1.165, 1.54) is 0 Å². The van der Waals surface area contributed by atoms with E-state index in [0.717, 1.165) is 23.5 Å². The van der Waals surface area contributed by atoms with Gasteiger partial charge in [-0.1, -0.05) is 24.3 Å². The molecule has 0 aromatic heterocycles. The van der Waals surface area contributed by atoms with Gasteiger partial charge >= 0.3 is 5.97 Å². The van der Waals surface area contributed by atoms with Gasteiger partial charge in [-0.2, -0.15) is 0 Å². The van der Waals surface area contributed by atoms with Crippen LogP contribution in [0.4, 0.5) is 0 Å². The van der Waals surface area contributed by atoms with E-state index in [0.29, 0.717) is 32.7 Å². The Morgan fingerprint density at radius 2 is 2.16 bits per heavy atom. The minimum absolute atomic E-state index is 0.0608. The van der Waals surface area contributed by atoms with Crippen LogP contribution in [0.25, 0.3) is 6.08 Å². The van der Waals surface area contributed by atoms with Crippen LogP contribution < -0.4 is 4.74 Å². The van der Waals surface area contributed by atoms with Gasteiger partial charge in [-0.05, 0) is 38.8 Å². The molecule has 1 aliphatic heterocycles. The highest BCUT2D eigenvalue weighted by molar-refractivity contribution is 5.70. The van der Waals surface area contributed by atoms with E-state index < -0.39 is 0 Å². The fourth-order valence-electron chi connectivity index (χ4n) is 2.52. The standard InChI is InChI=1S/C20H28O5/c1-4-22-19-11-8-10-17(15(3)24-13-16-14-25-16)18(19)9-6-7-12-20(21)23-5-2/h6,8-11,15-16H,4-5,7,12-14H2,1-3H3/b9-6+/t15-,16?/m1/s1. The molecule has 138 valence electrons. The first-order chi connectivity index (χ1) is 12.2. The number of ether oxygens (including phenoxy) is 4. The van der Waals surface area contributed by atoms with Gasteiger partial charge in [-0.3, -0.25) is 4.79 Å². The first-order valence-corrected chi connectivity index (χ1v) is 8.96. The third kappa shape index (κ3) is 6.52. The van der Waals surface area contributed by atoms with Crippen molar-refractivity contribution in [3.05, 3.63) is 35.4 Å². The van der Waals surface area contributed by atoms with Crippen molar-refractivity contribution < 1.29 is 23.7 Å². The molecule has 1 fully saturated rings. The number of esters is 1. The molecule has 0 saturated carbocycles. The Labute approximate surface area is 149 Å². The molecule has 1 saturated heterocycles. The summed E-state index contributed by atoms with van der Waals surface area (Å²) in [6, 6.07) is 5.98. The van der Waals surface area contributed by atoms with Crippen molar-refractivity contribution in [2.75, 3.05) is 26.4 Å². The number of hydrogen-bond donors (Lipinski definition) is 0. The van der Waals surface area contributed by atoms with Crippen molar-refractivity contribution in [3.63, 3.8) is 0 Å². The third-order valence-electron chi connectivity index (χ3n) is 3.88. The molecule has 0 bridgehead atoms. The molecule has 1 heterocycles. The summed E-state index contributed by atoms with van der Waals surface area (Å²) >= 11 is 0. The summed E-state index contributed by atoms with van der Waals surface area (Å²) in [5, 5.41) is 0. The van der Waals surface area contributed by atoms with Crippen molar-refractivity contribution in [1.82, 2.24) is 0 Å². The van der Waals surface area contributed by atoms with Gasteiger partial charge in [0.15, 0.2) is 0 Å². The number of benzene rings is 1. The summed E-state index contributed by atoms with van der Waals surface area (Å²) in [6.07, 6.45) is 5.17. The number of epoxide rings is 1. The van der Waals surface area contributed by atoms with Gasteiger partial charge in [0.25, 0.3) is 0 Å². The van der Waals surface area contributed by atoms with Crippen molar-refractivity contribution in [3.8, 4) is 5.75 Å². The molecule has 1 aliphatic rings. The highest BCUT2D eigenvalue weighted by atomic mass is 16.6. The summed E-state index contributed by atoms with van der Waals surface area (Å²) in [6.45, 7) is 8.21. The Hall–Kier alpha value is -1.85. The number of carbonyl (C=O) groups excluding carboxylic acids is 1. The van der Waals surface area contributed by atoms with Crippen LogP contribution in [0.5, 0.6) is 5.75 Å². The zero-order valence-corrected chi connectivity index (χ0v) is 15.3. The van der Waals surface area contributed by atoms with Crippen molar-refractivity contribution in [2.24, 2.45) is 0 Å². The van der Waals surface area contributed by atoms with Crippen LogP contribution in [0.2, 0.25) is 0 Å². The second-order valence-electron chi connectivity index (χ2n) is 5.87. The minimum atomic E-state index is -0.174. The van der Waals surface area contributed by atoms with Crippen LogP contribution in [0, 0.1) is 0 Å². The van der Waals surface area contributed by atoms with Crippen LogP contribution in [0.15, 0.2) is 24.3 Å². The van der Waals surface area contributed by atoms with E-state index in [-0.39, 0.29) is 18.2 Å². The summed E-state index contributed by atoms with van der Waals surface area (Å²) in [4.78, 5) is 11.4. The molecule has 25 heavy (non-hydrogen) atoms. The molecule has 0 N–H and O–H groups in total. The lowest BCUT2D eigenvalue weighted by molar-refractivity contribution is -0.142. The average molecular weight is 348 g/mol. The highest BCUT2D eigenvalue weighted by Gasteiger charge is 2.24. The van der Waals surface area contributed by atoms with Gasteiger partial charge in [0.05, 0.1) is 32.5 Å². The fraction of sp³-hybridized carbons (Fsp3) is 0.550. The van der Waals surface area contributed by atoms with Gasteiger partial charge in [0.2, 0.25) is 0 Å². The Morgan fingerprint density at radius 1 is 1.36 bits per heavy atom. The second kappa shape index (κ2) is 10.2. The molecule has 2 atom stereocenters. The molecular weight excluding hydrogens is 320 g/mol. The van der Waals surface area contributed by atoms with Crippen molar-refractivity contribution in [2.45, 2.75) is 45.8 Å². The lowest BCUT2D eigenvalue weighted by Crippen LogP contribution is -2.08. The molecule has 5 heteroatoms. The molecule has 0 spiro atoms. The molecule has 1 aromatic rings. The molecule has 0 aliphatic carbocycles. The molecule has 2 rings (SSSR count). The van der Waals surface area contributed by atoms with Crippen LogP contribution in [0.1, 0.15) is 50.8 Å². The van der Waals surface area contributed by atoms with Gasteiger partial charge in [-0.15, -0.1) is 0 Å². The number of carbonyl (C=O) groups is 1. The Bertz CT molecular complexity index is 577. The van der Waals surface area contributed by atoms with Crippen LogP contribution >= 0.6 is 0 Å². The lowest BCUT2D eigenvalue weighted by Gasteiger charge is -2.18. The maximum absolute atomic E-state index is 11.4. The molecule has 0 amide bonds. The molecule has 1 unspecified atom stereocenters. The zero-order valence-electron chi connectivity index (χ0n) is 15.3. The summed E-state index contributed by atoms with van der Waals surface area (Å²) in [5.41, 5.74) is 2.07. The highest BCUT2D eigenvalue weighted by Crippen LogP contribution is 2.31. The first-order valence-electron chi connectivity index (χ1n) is 8.96. The number of hydrogen-bond acceptors (Lipinski definition) is 5. The normalized spacial score (nSPS) is 17.5. The zero-order chi connectivity index (χ0) is 18.1. The van der Waals surface area contributed by atoms with Crippen LogP contribution in [-0.4, -0.2) is 38.5 Å². The third-order valence-corrected chi connectivity index (χ3v) is 3.88. The van der Waals surface area contributed by atoms with E-state index in [1.807, 2.05) is 51.1 Å². The van der Waals surface area contributed by atoms with Gasteiger partial charge < -0.3 is 18.9 Å². The van der Waals surface area contributed by atoms with Gasteiger partial charge in [0, 0.05) is 12.0 Å². The van der Waals surface area contributed by atoms with Gasteiger partial charge in [0.1, 0.15) is 11.9 Å². The first kappa shape index (κ1) is 19.5. The maximum atomic E-state index is 11.4. The van der Waals surface area contributed by atoms with E-state index in [4.69, 9.17) is 18.9 Å². The fourth-order valence-corrected chi connectivity index (χ4v) is 2.52. The van der Waals surface area contributed by atoms with Gasteiger partial charge in [-0.25, -0.2) is 0 Å². The van der Waals surface area contributed by atoms with E-state index >= 15 is 0 Å². The van der Waals surface area contributed by atoms with Crippen LogP contribution in [-0.2, 0) is 19.0 Å². The summed E-state index contributed by atoms with van der Waals surface area (Å²) < 4.78 is 21.8. The number of rotatable bonds is 11. The summed E-state index contributed by atoms with van der Waals surface area (Å²) in [5.74, 6) is 0.650. The smallest absolute Gasteiger partial charge is 0.306 e. The topological polar surface area (TPSA) is 57.3 Å². The molecule has 1 aromatic carbocycles. The Kier molecular flexibility index (Phi) is 7.95. The monoisotopic (exact) mass is 348 g/mol. The second-order valence-corrected chi connectivity index (χ2v) is 5.87. The predicted octanol–water partition coefficient (Wildman–Crippen LogP) is 3.92. The molecule has 5 nitrogen and oxygen atoms in total. The average Bonchev–Trinajstić information content (AvgIpc) is 3.42. The van der Waals surface area contributed by atoms with E-state index in [9.17, 15) is 4.79 Å². The largest absolute Gasteiger partial charge is 0.493 e. The SMILES string of the molecule is CCOC(=O)CC/C=C/c1c(OCC)cccc1[C@@H](C)OCC1CO1. The van der Waals surface area contributed by atoms with E-state index in [1.54, 1.807) is 0 Å². The molecule has 0 radical (unpaired) electrons. The predicted molar refractivity (Wildman–Crippen MR) is 96.6 cm³/mol. The lowest BCUT2D eigenvalue weighted by atomic mass is 10.0. The Morgan fingerprint density at radius 3 is 2.84 bits per heavy atom. The van der Waals surface area contributed by atoms with Crippen molar-refractivity contribution in [1.29, 1.82) is 0 Å². The van der Waals surface area contributed by atoms with Crippen molar-refractivity contribution >= 4 is 12.0 Å². The Balaban J connectivity index is 2.06. The van der Waals surface area contributed by atoms with Crippen LogP contribution in [0.3, 0.4) is 0 Å². The molecular formula is C20H28O5. The maximum Gasteiger partial charge on any atom is 0.306 e. The summed E-state index contributed by atoms with van der Waals surface area (Å²) in [7, 11) is 0. The number of allylic oxidation sites excluding steroid dienone is 1. The quantitative estimate of drug-likeness (QED) is 0.448. The minimum Gasteiger partial charge on any atom is -0.493 e.